The van der Waals surface area contributed by atoms with Crippen LogP contribution in [0.2, 0.25) is 0 Å². The van der Waals surface area contributed by atoms with E-state index in [1.807, 2.05) is 0 Å². The fraction of sp³-hybridized carbons (Fsp3) is 0. The molecule has 11 heteroatoms. The molecule has 10 nitrogen and oxygen atoms in total. The van der Waals surface area contributed by atoms with Crippen LogP contribution in [-0.2, 0) is 10.0 Å². The lowest BCUT2D eigenvalue weighted by atomic mass is 10.2. The molecule has 0 aliphatic carbocycles. The Labute approximate surface area is 153 Å². The van der Waals surface area contributed by atoms with Gasteiger partial charge in [0.2, 0.25) is 10.0 Å². The quantitative estimate of drug-likeness (QED) is 0.374. The van der Waals surface area contributed by atoms with E-state index < -0.39 is 14.9 Å². The van der Waals surface area contributed by atoms with E-state index >= 15 is 0 Å². The Bertz CT molecular complexity index is 1090. The molecule has 3 aromatic rings. The van der Waals surface area contributed by atoms with E-state index in [9.17, 15) is 18.5 Å². The second-order valence-corrected chi connectivity index (χ2v) is 6.86. The number of rotatable bonds is 6. The number of primary sulfonamides is 1. The van der Waals surface area contributed by atoms with Gasteiger partial charge in [-0.05, 0) is 42.5 Å². The third-order valence-electron chi connectivity index (χ3n) is 3.42. The number of aromatic nitrogens is 1. The van der Waals surface area contributed by atoms with Crippen molar-refractivity contribution in [2.24, 2.45) is 10.2 Å². The number of furan rings is 1. The summed E-state index contributed by atoms with van der Waals surface area (Å²) in [6.45, 7) is 0. The van der Waals surface area contributed by atoms with Crippen molar-refractivity contribution in [2.75, 3.05) is 5.43 Å². The number of nitrogens with zero attached hydrogens (tertiary/aromatic N) is 3. The maximum absolute atomic E-state index is 11.3. The van der Waals surface area contributed by atoms with Crippen molar-refractivity contribution < 1.29 is 17.8 Å². The fourth-order valence-electron chi connectivity index (χ4n) is 2.11. The topological polar surface area (TPSA) is 154 Å². The Morgan fingerprint density at radius 1 is 1.15 bits per heavy atom. The molecular weight excluding hydrogens is 374 g/mol. The van der Waals surface area contributed by atoms with Crippen LogP contribution >= 0.6 is 0 Å². The normalized spacial score (nSPS) is 11.6. The summed E-state index contributed by atoms with van der Waals surface area (Å²) >= 11 is 0. The molecule has 0 spiro atoms. The summed E-state index contributed by atoms with van der Waals surface area (Å²) in [4.78, 5) is 13.9. The van der Waals surface area contributed by atoms with Crippen LogP contribution in [0.4, 0.5) is 11.5 Å². The van der Waals surface area contributed by atoms with Crippen LogP contribution in [0.25, 0.3) is 11.3 Å². The molecule has 138 valence electrons. The van der Waals surface area contributed by atoms with Crippen molar-refractivity contribution >= 4 is 27.7 Å². The predicted molar refractivity (Wildman–Crippen MR) is 97.6 cm³/mol. The summed E-state index contributed by atoms with van der Waals surface area (Å²) in [5.41, 5.74) is 3.18. The van der Waals surface area contributed by atoms with Crippen LogP contribution in [0.15, 0.2) is 69.1 Å². The lowest BCUT2D eigenvalue weighted by molar-refractivity contribution is -0.385. The number of pyridine rings is 1. The van der Waals surface area contributed by atoms with Crippen LogP contribution in [0, 0.1) is 10.1 Å². The second kappa shape index (κ2) is 7.35. The Balaban J connectivity index is 1.67. The molecule has 0 unspecified atom stereocenters. The molecule has 1 aromatic carbocycles. The molecule has 0 saturated carbocycles. The van der Waals surface area contributed by atoms with Crippen molar-refractivity contribution in [1.82, 2.24) is 4.98 Å². The molecule has 0 aliphatic rings. The van der Waals surface area contributed by atoms with E-state index in [0.717, 1.165) is 6.20 Å². The number of sulfonamides is 1. The van der Waals surface area contributed by atoms with Crippen molar-refractivity contribution in [3.63, 3.8) is 0 Å². The number of hydrogen-bond donors (Lipinski definition) is 2. The van der Waals surface area contributed by atoms with E-state index in [1.165, 1.54) is 30.5 Å². The molecule has 0 amide bonds. The Kier molecular flexibility index (Phi) is 4.96. The molecule has 0 fully saturated rings. The maximum atomic E-state index is 11.3. The van der Waals surface area contributed by atoms with E-state index in [1.54, 1.807) is 24.3 Å². The molecule has 0 saturated heterocycles. The van der Waals surface area contributed by atoms with Crippen LogP contribution in [-0.4, -0.2) is 24.5 Å². The SMILES string of the molecule is NS(=O)(=O)c1ccc(-c2ccc(C=NNc3ccc([N+](=O)[O-])cn3)o2)cc1. The maximum Gasteiger partial charge on any atom is 0.287 e. The lowest BCUT2D eigenvalue weighted by Crippen LogP contribution is -2.11. The zero-order valence-electron chi connectivity index (χ0n) is 13.6. The first-order valence-electron chi connectivity index (χ1n) is 7.45. The number of nitrogens with one attached hydrogen (secondary N) is 1. The summed E-state index contributed by atoms with van der Waals surface area (Å²) in [5.74, 6) is 1.29. The third-order valence-corrected chi connectivity index (χ3v) is 4.35. The smallest absolute Gasteiger partial charge is 0.287 e. The van der Waals surface area contributed by atoms with Gasteiger partial charge in [-0.25, -0.2) is 18.5 Å². The van der Waals surface area contributed by atoms with Crippen LogP contribution in [0.3, 0.4) is 0 Å². The zero-order chi connectivity index (χ0) is 19.4. The molecular formula is C16H13N5O5S. The van der Waals surface area contributed by atoms with Crippen LogP contribution in [0.1, 0.15) is 5.76 Å². The highest BCUT2D eigenvalue weighted by atomic mass is 32.2. The van der Waals surface area contributed by atoms with Gasteiger partial charge in [-0.15, -0.1) is 0 Å². The number of anilines is 1. The fourth-order valence-corrected chi connectivity index (χ4v) is 2.62. The first-order chi connectivity index (χ1) is 12.8. The van der Waals surface area contributed by atoms with Crippen molar-refractivity contribution in [2.45, 2.75) is 4.90 Å². The number of hydrazone groups is 1. The Hall–Kier alpha value is -3.57. The highest BCUT2D eigenvalue weighted by Gasteiger charge is 2.09. The van der Waals surface area contributed by atoms with Gasteiger partial charge < -0.3 is 4.42 Å². The zero-order valence-corrected chi connectivity index (χ0v) is 14.5. The van der Waals surface area contributed by atoms with Crippen molar-refractivity contribution in [1.29, 1.82) is 0 Å². The second-order valence-electron chi connectivity index (χ2n) is 5.30. The van der Waals surface area contributed by atoms with Crippen molar-refractivity contribution in [3.05, 3.63) is 70.6 Å². The van der Waals surface area contributed by atoms with Crippen molar-refractivity contribution in [3.8, 4) is 11.3 Å². The van der Waals surface area contributed by atoms with E-state index in [4.69, 9.17) is 9.56 Å². The van der Waals surface area contributed by atoms with Gasteiger partial charge in [-0.1, -0.05) is 0 Å². The standard InChI is InChI=1S/C16H13N5O5S/c17-27(24,25)14-5-1-11(2-6-14)15-7-4-13(26-15)10-19-20-16-8-3-12(9-18-16)21(22)23/h1-10H,(H,18,20)(H2,17,24,25). The van der Waals surface area contributed by atoms with Gasteiger partial charge in [0, 0.05) is 11.6 Å². The first-order valence-corrected chi connectivity index (χ1v) is 9.00. The minimum absolute atomic E-state index is 0.0133. The lowest BCUT2D eigenvalue weighted by Gasteiger charge is -2.00. The first kappa shape index (κ1) is 18.2. The average Bonchev–Trinajstić information content (AvgIpc) is 3.10. The molecule has 2 heterocycles. The highest BCUT2D eigenvalue weighted by Crippen LogP contribution is 2.23. The Morgan fingerprint density at radius 3 is 2.48 bits per heavy atom. The molecule has 0 aliphatic heterocycles. The molecule has 2 aromatic heterocycles. The van der Waals surface area contributed by atoms with Crippen LogP contribution < -0.4 is 10.6 Å². The third kappa shape index (κ3) is 4.54. The minimum Gasteiger partial charge on any atom is -0.455 e. The van der Waals surface area contributed by atoms with E-state index in [0.29, 0.717) is 22.9 Å². The Morgan fingerprint density at radius 2 is 1.89 bits per heavy atom. The molecule has 3 N–H and O–H groups in total. The largest absolute Gasteiger partial charge is 0.455 e. The highest BCUT2D eigenvalue weighted by molar-refractivity contribution is 7.89. The van der Waals surface area contributed by atoms with Gasteiger partial charge in [0.15, 0.2) is 0 Å². The van der Waals surface area contributed by atoms with Gasteiger partial charge in [-0.3, -0.25) is 15.5 Å². The predicted octanol–water partition coefficient (Wildman–Crippen LogP) is 2.34. The molecule has 27 heavy (non-hydrogen) atoms. The summed E-state index contributed by atoms with van der Waals surface area (Å²) < 4.78 is 28.1. The number of nitro groups is 1. The van der Waals surface area contributed by atoms with Gasteiger partial charge in [0.05, 0.1) is 16.0 Å². The number of nitrogens with two attached hydrogens (primary N) is 1. The van der Waals surface area contributed by atoms with Gasteiger partial charge in [-0.2, -0.15) is 5.10 Å². The molecule has 3 rings (SSSR count). The number of benzene rings is 1. The van der Waals surface area contributed by atoms with E-state index in [2.05, 4.69) is 15.5 Å². The monoisotopic (exact) mass is 387 g/mol. The van der Waals surface area contributed by atoms with Gasteiger partial charge >= 0.3 is 0 Å². The minimum atomic E-state index is -3.75. The van der Waals surface area contributed by atoms with E-state index in [-0.39, 0.29) is 10.6 Å². The summed E-state index contributed by atoms with van der Waals surface area (Å²) in [7, 11) is -3.75. The molecule has 0 bridgehead atoms. The summed E-state index contributed by atoms with van der Waals surface area (Å²) in [6, 6.07) is 12.1. The molecule has 0 atom stereocenters. The summed E-state index contributed by atoms with van der Waals surface area (Å²) in [5, 5.41) is 19.6. The van der Waals surface area contributed by atoms with Gasteiger partial charge in [0.25, 0.3) is 5.69 Å². The van der Waals surface area contributed by atoms with Gasteiger partial charge in [0.1, 0.15) is 23.5 Å². The average molecular weight is 387 g/mol. The molecule has 0 radical (unpaired) electrons. The number of hydrogen-bond acceptors (Lipinski definition) is 8. The summed E-state index contributed by atoms with van der Waals surface area (Å²) in [6.07, 6.45) is 2.53. The van der Waals surface area contributed by atoms with Crippen LogP contribution in [0.5, 0.6) is 0 Å².